The fourth-order valence-corrected chi connectivity index (χ4v) is 6.57. The number of aromatic nitrogens is 2. The predicted octanol–water partition coefficient (Wildman–Crippen LogP) is 9.09. The molecule has 0 N–H and O–H groups in total. The van der Waals surface area contributed by atoms with Crippen LogP contribution < -0.4 is 0 Å². The van der Waals surface area contributed by atoms with E-state index in [-0.39, 0.29) is 0 Å². The first-order chi connectivity index (χ1) is 17.9. The van der Waals surface area contributed by atoms with E-state index in [1.807, 2.05) is 0 Å². The van der Waals surface area contributed by atoms with Gasteiger partial charge in [-0.15, -0.1) is 0 Å². The zero-order valence-corrected chi connectivity index (χ0v) is 19.4. The molecule has 0 aliphatic heterocycles. The Bertz CT molecular complexity index is 2260. The van der Waals surface area contributed by atoms with Crippen molar-refractivity contribution in [2.24, 2.45) is 0 Å². The molecule has 0 unspecified atom stereocenters. The highest BCUT2D eigenvalue weighted by Crippen LogP contribution is 2.43. The van der Waals surface area contributed by atoms with E-state index in [2.05, 4.69) is 130 Å². The van der Waals surface area contributed by atoms with Gasteiger partial charge in [-0.2, -0.15) is 0 Å². The summed E-state index contributed by atoms with van der Waals surface area (Å²) in [5.74, 6) is 0. The summed E-state index contributed by atoms with van der Waals surface area (Å²) in [6.45, 7) is 0. The van der Waals surface area contributed by atoms with Gasteiger partial charge >= 0.3 is 0 Å². The molecule has 0 bridgehead atoms. The summed E-state index contributed by atoms with van der Waals surface area (Å²) in [5, 5.41) is 10.5. The van der Waals surface area contributed by atoms with Crippen LogP contribution in [0.15, 0.2) is 121 Å². The molecule has 0 aliphatic rings. The van der Waals surface area contributed by atoms with Gasteiger partial charge in [-0.3, -0.25) is 0 Å². The van der Waals surface area contributed by atoms with Crippen LogP contribution in [0.25, 0.3) is 76.4 Å². The van der Waals surface area contributed by atoms with Crippen molar-refractivity contribution in [1.82, 2.24) is 8.97 Å². The highest BCUT2D eigenvalue weighted by Gasteiger charge is 2.20. The van der Waals surface area contributed by atoms with E-state index < -0.39 is 0 Å². The van der Waals surface area contributed by atoms with Gasteiger partial charge in [-0.25, -0.2) is 0 Å². The zero-order valence-electron chi connectivity index (χ0n) is 19.4. The molecule has 0 saturated carbocycles. The van der Waals surface area contributed by atoms with E-state index in [0.29, 0.717) is 0 Å². The molecule has 0 aliphatic carbocycles. The van der Waals surface area contributed by atoms with Gasteiger partial charge in [0, 0.05) is 38.0 Å². The molecule has 9 aromatic rings. The Hall–Kier alpha value is -4.82. The molecule has 0 amide bonds. The van der Waals surface area contributed by atoms with Gasteiger partial charge < -0.3 is 8.97 Å². The van der Waals surface area contributed by atoms with Crippen LogP contribution in [0.4, 0.5) is 0 Å². The minimum absolute atomic E-state index is 1.20. The van der Waals surface area contributed by atoms with Crippen LogP contribution in [0.2, 0.25) is 0 Å². The van der Waals surface area contributed by atoms with Crippen molar-refractivity contribution in [2.45, 2.75) is 0 Å². The monoisotopic (exact) mass is 456 g/mol. The van der Waals surface area contributed by atoms with Gasteiger partial charge in [0.1, 0.15) is 0 Å². The summed E-state index contributed by atoms with van der Waals surface area (Å²) >= 11 is 0. The first-order valence-corrected chi connectivity index (χ1v) is 12.5. The average molecular weight is 457 g/mol. The summed E-state index contributed by atoms with van der Waals surface area (Å²) in [5.41, 5.74) is 7.53. The van der Waals surface area contributed by atoms with Gasteiger partial charge in [-0.05, 0) is 53.2 Å². The van der Waals surface area contributed by atoms with Gasteiger partial charge in [0.05, 0.1) is 27.6 Å². The van der Waals surface area contributed by atoms with Crippen molar-refractivity contribution in [2.75, 3.05) is 0 Å². The molecule has 166 valence electrons. The number of hydrogen-bond donors (Lipinski definition) is 0. The van der Waals surface area contributed by atoms with E-state index in [1.165, 1.54) is 76.4 Å². The number of rotatable bonds is 1. The summed E-state index contributed by atoms with van der Waals surface area (Å²) < 4.78 is 4.88. The fraction of sp³-hybridized carbons (Fsp3) is 0. The third kappa shape index (κ3) is 2.14. The Labute approximate surface area is 206 Å². The molecule has 3 heterocycles. The molecule has 0 radical (unpaired) electrons. The predicted molar refractivity (Wildman–Crippen MR) is 153 cm³/mol. The topological polar surface area (TPSA) is 9.34 Å². The maximum Gasteiger partial charge on any atom is 0.0626 e. The Morgan fingerprint density at radius 2 is 0.972 bits per heavy atom. The molecule has 0 saturated heterocycles. The zero-order chi connectivity index (χ0) is 23.4. The fourth-order valence-electron chi connectivity index (χ4n) is 6.57. The van der Waals surface area contributed by atoms with Gasteiger partial charge in [0.25, 0.3) is 0 Å². The SMILES string of the molecule is c1ccc2c(c1)cc1c3cc(-n4c5ccccc5c5ccccc54)ccc3n3c4ccccc4c2c13. The van der Waals surface area contributed by atoms with Crippen LogP contribution >= 0.6 is 0 Å². The van der Waals surface area contributed by atoms with Crippen molar-refractivity contribution < 1.29 is 0 Å². The van der Waals surface area contributed by atoms with Crippen LogP contribution in [0, 0.1) is 0 Å². The lowest BCUT2D eigenvalue weighted by Crippen LogP contribution is -1.93. The number of fused-ring (bicyclic) bond motifs is 11. The minimum atomic E-state index is 1.20. The molecule has 3 aromatic heterocycles. The first-order valence-electron chi connectivity index (χ1n) is 12.5. The summed E-state index contributed by atoms with van der Waals surface area (Å²) in [6.07, 6.45) is 0. The Kier molecular flexibility index (Phi) is 3.31. The molecule has 0 fully saturated rings. The maximum atomic E-state index is 2.47. The number of nitrogens with zero attached hydrogens (tertiary/aromatic N) is 2. The second-order valence-corrected chi connectivity index (χ2v) is 9.79. The lowest BCUT2D eigenvalue weighted by atomic mass is 10.00. The van der Waals surface area contributed by atoms with Crippen LogP contribution in [0.3, 0.4) is 0 Å². The standard InChI is InChI=1S/C34H20N2/c1-2-10-23-21(9-1)19-28-27-20-22(35-29-14-6-3-11-24(29)25-12-4-7-15-30(25)35)17-18-32(27)36-31-16-8-5-13-26(31)33(23)34(28)36/h1-20H. The second kappa shape index (κ2) is 6.44. The Morgan fingerprint density at radius 3 is 1.72 bits per heavy atom. The normalized spacial score (nSPS) is 12.4. The smallest absolute Gasteiger partial charge is 0.0626 e. The summed E-state index contributed by atoms with van der Waals surface area (Å²) in [4.78, 5) is 0. The lowest BCUT2D eigenvalue weighted by Gasteiger charge is -2.09. The number of benzene rings is 6. The molecular formula is C34H20N2. The average Bonchev–Trinajstić information content (AvgIpc) is 3.57. The van der Waals surface area contributed by atoms with E-state index >= 15 is 0 Å². The molecule has 0 spiro atoms. The maximum absolute atomic E-state index is 2.47. The third-order valence-corrected chi connectivity index (χ3v) is 8.01. The second-order valence-electron chi connectivity index (χ2n) is 9.79. The molecular weight excluding hydrogens is 436 g/mol. The van der Waals surface area contributed by atoms with Crippen molar-refractivity contribution in [3.8, 4) is 5.69 Å². The molecule has 0 atom stereocenters. The number of hydrogen-bond acceptors (Lipinski definition) is 0. The van der Waals surface area contributed by atoms with Crippen LogP contribution in [0.1, 0.15) is 0 Å². The van der Waals surface area contributed by atoms with E-state index in [9.17, 15) is 0 Å². The number of para-hydroxylation sites is 3. The van der Waals surface area contributed by atoms with Crippen molar-refractivity contribution in [3.05, 3.63) is 121 Å². The van der Waals surface area contributed by atoms with Gasteiger partial charge in [0.2, 0.25) is 0 Å². The highest BCUT2D eigenvalue weighted by atomic mass is 15.0. The quantitative estimate of drug-likeness (QED) is 0.233. The highest BCUT2D eigenvalue weighted by molar-refractivity contribution is 6.31. The lowest BCUT2D eigenvalue weighted by molar-refractivity contribution is 1.18. The minimum Gasteiger partial charge on any atom is -0.309 e. The van der Waals surface area contributed by atoms with Gasteiger partial charge in [0.15, 0.2) is 0 Å². The molecule has 2 heteroatoms. The van der Waals surface area contributed by atoms with E-state index in [1.54, 1.807) is 0 Å². The molecule has 36 heavy (non-hydrogen) atoms. The Morgan fingerprint density at radius 1 is 0.389 bits per heavy atom. The summed E-state index contributed by atoms with van der Waals surface area (Å²) in [7, 11) is 0. The largest absolute Gasteiger partial charge is 0.309 e. The van der Waals surface area contributed by atoms with E-state index in [4.69, 9.17) is 0 Å². The third-order valence-electron chi connectivity index (χ3n) is 8.01. The first kappa shape index (κ1) is 18.5. The van der Waals surface area contributed by atoms with Gasteiger partial charge in [-0.1, -0.05) is 78.9 Å². The van der Waals surface area contributed by atoms with Crippen molar-refractivity contribution in [1.29, 1.82) is 0 Å². The van der Waals surface area contributed by atoms with Crippen LogP contribution in [-0.4, -0.2) is 8.97 Å². The molecule has 2 nitrogen and oxygen atoms in total. The van der Waals surface area contributed by atoms with Crippen LogP contribution in [0.5, 0.6) is 0 Å². The summed E-state index contributed by atoms with van der Waals surface area (Å²) in [6, 6.07) is 44.4. The van der Waals surface area contributed by atoms with E-state index in [0.717, 1.165) is 0 Å². The van der Waals surface area contributed by atoms with Crippen molar-refractivity contribution >= 4 is 70.7 Å². The Balaban J connectivity index is 1.49. The van der Waals surface area contributed by atoms with Crippen molar-refractivity contribution in [3.63, 3.8) is 0 Å². The molecule has 9 rings (SSSR count). The van der Waals surface area contributed by atoms with Crippen LogP contribution in [-0.2, 0) is 0 Å². The molecule has 6 aromatic carbocycles.